The van der Waals surface area contributed by atoms with Gasteiger partial charge in [-0.2, -0.15) is 0 Å². The Labute approximate surface area is 115 Å². The minimum Gasteiger partial charge on any atom is -0.409 e. The van der Waals surface area contributed by atoms with Crippen LogP contribution in [0.3, 0.4) is 0 Å². The number of amides is 1. The molecule has 4 N–H and O–H groups in total. The minimum absolute atomic E-state index is 0.00232. The monoisotopic (exact) mass is 270 g/mol. The van der Waals surface area contributed by atoms with Gasteiger partial charge in [-0.1, -0.05) is 25.4 Å². The third kappa shape index (κ3) is 4.70. The molecule has 1 amide bonds. The third-order valence-electron chi connectivity index (χ3n) is 3.67. The molecule has 0 aliphatic carbocycles. The second-order valence-corrected chi connectivity index (χ2v) is 5.11. The van der Waals surface area contributed by atoms with Crippen LogP contribution in [-0.4, -0.2) is 47.5 Å². The van der Waals surface area contributed by atoms with Crippen LogP contribution >= 0.6 is 0 Å². The molecule has 1 saturated heterocycles. The van der Waals surface area contributed by atoms with Gasteiger partial charge in [-0.05, 0) is 32.4 Å². The lowest BCUT2D eigenvalue weighted by atomic mass is 9.99. The van der Waals surface area contributed by atoms with Crippen LogP contribution in [0.1, 0.15) is 39.5 Å². The molecule has 110 valence electrons. The van der Waals surface area contributed by atoms with E-state index in [0.717, 1.165) is 38.9 Å². The maximum Gasteiger partial charge on any atom is 0.231 e. The molecule has 1 rings (SSSR count). The summed E-state index contributed by atoms with van der Waals surface area (Å²) in [5.41, 5.74) is 5.59. The molecule has 2 atom stereocenters. The number of amidine groups is 1. The smallest absolute Gasteiger partial charge is 0.231 e. The Morgan fingerprint density at radius 2 is 2.32 bits per heavy atom. The van der Waals surface area contributed by atoms with E-state index in [1.54, 1.807) is 0 Å². The fourth-order valence-corrected chi connectivity index (χ4v) is 2.53. The van der Waals surface area contributed by atoms with Gasteiger partial charge in [0.2, 0.25) is 5.91 Å². The van der Waals surface area contributed by atoms with Gasteiger partial charge in [-0.15, -0.1) is 0 Å². The predicted octanol–water partition coefficient (Wildman–Crippen LogP) is 0.750. The molecule has 6 nitrogen and oxygen atoms in total. The number of likely N-dealkylation sites (N-methyl/N-ethyl adjacent to an activating group) is 1. The molecule has 1 aliphatic heterocycles. The number of hydrogen-bond acceptors (Lipinski definition) is 4. The summed E-state index contributed by atoms with van der Waals surface area (Å²) in [6, 6.07) is 0.173. The summed E-state index contributed by atoms with van der Waals surface area (Å²) in [4.78, 5) is 14.5. The molecular weight excluding hydrogens is 244 g/mol. The lowest BCUT2D eigenvalue weighted by Gasteiger charge is -2.33. The lowest BCUT2D eigenvalue weighted by molar-refractivity contribution is -0.124. The van der Waals surface area contributed by atoms with Crippen molar-refractivity contribution in [1.82, 2.24) is 10.2 Å². The molecule has 1 heterocycles. The molecule has 1 fully saturated rings. The van der Waals surface area contributed by atoms with Gasteiger partial charge < -0.3 is 21.2 Å². The maximum absolute atomic E-state index is 12.2. The first-order valence-corrected chi connectivity index (χ1v) is 7.12. The Morgan fingerprint density at radius 3 is 2.89 bits per heavy atom. The number of oxime groups is 1. The molecule has 19 heavy (non-hydrogen) atoms. The quantitative estimate of drug-likeness (QED) is 0.287. The molecule has 0 radical (unpaired) electrons. The van der Waals surface area contributed by atoms with Crippen molar-refractivity contribution >= 4 is 11.7 Å². The highest BCUT2D eigenvalue weighted by Gasteiger charge is 2.26. The van der Waals surface area contributed by atoms with Crippen LogP contribution in [-0.2, 0) is 4.79 Å². The fourth-order valence-electron chi connectivity index (χ4n) is 2.53. The average molecular weight is 270 g/mol. The number of hydrogen-bond donors (Lipinski definition) is 3. The van der Waals surface area contributed by atoms with Gasteiger partial charge in [0.15, 0.2) is 5.84 Å². The van der Waals surface area contributed by atoms with Gasteiger partial charge >= 0.3 is 0 Å². The van der Waals surface area contributed by atoms with E-state index in [1.807, 2.05) is 6.92 Å². The number of carbonyl (C=O) groups excluding carboxylic acids is 1. The molecule has 0 aromatic heterocycles. The second-order valence-electron chi connectivity index (χ2n) is 5.11. The first-order valence-electron chi connectivity index (χ1n) is 7.12. The normalized spacial score (nSPS) is 23.1. The summed E-state index contributed by atoms with van der Waals surface area (Å²) in [6.07, 6.45) is 3.52. The van der Waals surface area contributed by atoms with Gasteiger partial charge in [0.05, 0.1) is 5.92 Å². The van der Waals surface area contributed by atoms with E-state index in [2.05, 4.69) is 22.3 Å². The van der Waals surface area contributed by atoms with E-state index in [0.29, 0.717) is 6.42 Å². The SMILES string of the molecule is CCCC(C(=O)NC1CCCN(CC)C1)C(N)=NO. The van der Waals surface area contributed by atoms with Crippen LogP contribution in [0.15, 0.2) is 5.16 Å². The standard InChI is InChI=1S/C13H26N4O2/c1-3-6-11(12(14)16-19)13(18)15-10-7-5-8-17(4-2)9-10/h10-11,19H,3-9H2,1-2H3,(H2,14,16)(H,15,18). The number of rotatable bonds is 6. The van der Waals surface area contributed by atoms with Gasteiger partial charge in [-0.3, -0.25) is 4.79 Å². The number of likely N-dealkylation sites (tertiary alicyclic amines) is 1. The average Bonchev–Trinajstić information content (AvgIpc) is 2.44. The van der Waals surface area contributed by atoms with E-state index in [9.17, 15) is 4.79 Å². The molecule has 0 aromatic rings. The third-order valence-corrected chi connectivity index (χ3v) is 3.67. The molecule has 2 unspecified atom stereocenters. The van der Waals surface area contributed by atoms with Gasteiger partial charge in [0, 0.05) is 12.6 Å². The highest BCUT2D eigenvalue weighted by molar-refractivity contribution is 6.02. The van der Waals surface area contributed by atoms with Crippen molar-refractivity contribution < 1.29 is 10.0 Å². The zero-order chi connectivity index (χ0) is 14.3. The van der Waals surface area contributed by atoms with Gasteiger partial charge in [0.1, 0.15) is 0 Å². The van der Waals surface area contributed by atoms with Crippen molar-refractivity contribution in [3.8, 4) is 0 Å². The van der Waals surface area contributed by atoms with Crippen LogP contribution in [0.5, 0.6) is 0 Å². The van der Waals surface area contributed by atoms with Crippen molar-refractivity contribution in [2.75, 3.05) is 19.6 Å². The Bertz CT molecular complexity index is 320. The van der Waals surface area contributed by atoms with Crippen LogP contribution in [0, 0.1) is 5.92 Å². The van der Waals surface area contributed by atoms with Crippen molar-refractivity contribution in [2.45, 2.75) is 45.6 Å². The number of piperidine rings is 1. The van der Waals surface area contributed by atoms with Crippen LogP contribution < -0.4 is 11.1 Å². The minimum atomic E-state index is -0.521. The molecule has 0 saturated carbocycles. The van der Waals surface area contributed by atoms with Crippen LogP contribution in [0.4, 0.5) is 0 Å². The Balaban J connectivity index is 2.56. The highest BCUT2D eigenvalue weighted by atomic mass is 16.4. The number of nitrogens with one attached hydrogen (secondary N) is 1. The number of nitrogens with two attached hydrogens (primary N) is 1. The van der Waals surface area contributed by atoms with E-state index in [-0.39, 0.29) is 17.8 Å². The number of nitrogens with zero attached hydrogens (tertiary/aromatic N) is 2. The Hall–Kier alpha value is -1.30. The number of carbonyl (C=O) groups is 1. The molecule has 1 aliphatic rings. The van der Waals surface area contributed by atoms with Crippen molar-refractivity contribution in [3.05, 3.63) is 0 Å². The van der Waals surface area contributed by atoms with Crippen molar-refractivity contribution in [1.29, 1.82) is 0 Å². The zero-order valence-electron chi connectivity index (χ0n) is 11.9. The van der Waals surface area contributed by atoms with E-state index < -0.39 is 5.92 Å². The second kappa shape index (κ2) is 7.99. The molecule has 6 heteroatoms. The van der Waals surface area contributed by atoms with Crippen LogP contribution in [0.2, 0.25) is 0 Å². The lowest BCUT2D eigenvalue weighted by Crippen LogP contribution is -2.50. The summed E-state index contributed by atoms with van der Waals surface area (Å²) in [5.74, 6) is -0.644. The summed E-state index contributed by atoms with van der Waals surface area (Å²) in [6.45, 7) is 7.09. The molecule has 0 spiro atoms. The summed E-state index contributed by atoms with van der Waals surface area (Å²) < 4.78 is 0. The highest BCUT2D eigenvalue weighted by Crippen LogP contribution is 2.12. The van der Waals surface area contributed by atoms with E-state index in [1.165, 1.54) is 0 Å². The fraction of sp³-hybridized carbons (Fsp3) is 0.846. The van der Waals surface area contributed by atoms with E-state index in [4.69, 9.17) is 10.9 Å². The largest absolute Gasteiger partial charge is 0.409 e. The Morgan fingerprint density at radius 1 is 1.58 bits per heavy atom. The van der Waals surface area contributed by atoms with Crippen molar-refractivity contribution in [3.63, 3.8) is 0 Å². The predicted molar refractivity (Wildman–Crippen MR) is 75.1 cm³/mol. The first kappa shape index (κ1) is 15.8. The Kier molecular flexibility index (Phi) is 6.62. The molecule has 0 aromatic carbocycles. The van der Waals surface area contributed by atoms with Crippen LogP contribution in [0.25, 0.3) is 0 Å². The topological polar surface area (TPSA) is 91.0 Å². The molecule has 0 bridgehead atoms. The first-order chi connectivity index (χ1) is 9.12. The maximum atomic E-state index is 12.2. The van der Waals surface area contributed by atoms with Gasteiger partial charge in [-0.25, -0.2) is 0 Å². The molecular formula is C13H26N4O2. The van der Waals surface area contributed by atoms with E-state index >= 15 is 0 Å². The zero-order valence-corrected chi connectivity index (χ0v) is 11.9. The summed E-state index contributed by atoms with van der Waals surface area (Å²) >= 11 is 0. The summed E-state index contributed by atoms with van der Waals surface area (Å²) in [5, 5.41) is 14.7. The van der Waals surface area contributed by atoms with Gasteiger partial charge in [0.25, 0.3) is 0 Å². The van der Waals surface area contributed by atoms with Crippen molar-refractivity contribution in [2.24, 2.45) is 16.8 Å². The summed E-state index contributed by atoms with van der Waals surface area (Å²) in [7, 11) is 0.